The normalized spacial score (nSPS) is 13.2. The first-order valence-electron chi connectivity index (χ1n) is 9.16. The van der Waals surface area contributed by atoms with E-state index in [0.717, 1.165) is 11.1 Å². The fourth-order valence-corrected chi connectivity index (χ4v) is 2.49. The maximum atomic E-state index is 14.1. The summed E-state index contributed by atoms with van der Waals surface area (Å²) in [5.74, 6) is -0.429. The molecular formula is C21H27FN2O3. The van der Waals surface area contributed by atoms with Crippen molar-refractivity contribution in [3.63, 3.8) is 0 Å². The summed E-state index contributed by atoms with van der Waals surface area (Å²) in [6.07, 6.45) is 0. The molecule has 1 aliphatic rings. The lowest BCUT2D eigenvalue weighted by molar-refractivity contribution is -0.0864. The second kappa shape index (κ2) is 10.0. The Morgan fingerprint density at radius 2 is 1.78 bits per heavy atom. The van der Waals surface area contributed by atoms with Crippen molar-refractivity contribution < 1.29 is 18.8 Å². The number of amides is 1. The van der Waals surface area contributed by atoms with Crippen LogP contribution in [0.2, 0.25) is 0 Å². The zero-order valence-electron chi connectivity index (χ0n) is 16.3. The van der Waals surface area contributed by atoms with Crippen LogP contribution in [-0.4, -0.2) is 25.7 Å². The van der Waals surface area contributed by atoms with Crippen LogP contribution in [0.25, 0.3) is 0 Å². The van der Waals surface area contributed by atoms with Gasteiger partial charge in [-0.25, -0.2) is 9.87 Å². The number of nitrogens with one attached hydrogen (secondary N) is 2. The quantitative estimate of drug-likeness (QED) is 0.730. The highest BCUT2D eigenvalue weighted by Gasteiger charge is 2.20. The molecule has 1 fully saturated rings. The Balaban J connectivity index is 0.00000126. The third-order valence-corrected chi connectivity index (χ3v) is 4.00. The van der Waals surface area contributed by atoms with Gasteiger partial charge in [-0.05, 0) is 49.2 Å². The molecular weight excluding hydrogens is 347 g/mol. The van der Waals surface area contributed by atoms with Crippen molar-refractivity contribution in [2.45, 2.75) is 27.7 Å². The molecule has 0 atom stereocenters. The number of aryl methyl sites for hydroxylation is 2. The van der Waals surface area contributed by atoms with Gasteiger partial charge in [-0.2, -0.15) is 0 Å². The molecule has 0 bridgehead atoms. The fraction of sp³-hybridized carbons (Fsp3) is 0.381. The number of ether oxygens (including phenoxy) is 1. The van der Waals surface area contributed by atoms with Gasteiger partial charge < -0.3 is 10.1 Å². The number of benzene rings is 2. The van der Waals surface area contributed by atoms with Gasteiger partial charge in [-0.1, -0.05) is 26.0 Å². The molecule has 1 amide bonds. The Labute approximate surface area is 159 Å². The van der Waals surface area contributed by atoms with Crippen molar-refractivity contribution in [3.8, 4) is 0 Å². The first-order valence-corrected chi connectivity index (χ1v) is 9.16. The van der Waals surface area contributed by atoms with E-state index in [-0.39, 0.29) is 11.7 Å². The van der Waals surface area contributed by atoms with Gasteiger partial charge in [0.1, 0.15) is 5.82 Å². The molecule has 0 aliphatic carbocycles. The summed E-state index contributed by atoms with van der Waals surface area (Å²) in [5, 5.41) is 3.00. The second-order valence-corrected chi connectivity index (χ2v) is 6.30. The van der Waals surface area contributed by atoms with E-state index < -0.39 is 0 Å². The van der Waals surface area contributed by atoms with Gasteiger partial charge in [-0.15, -0.1) is 0 Å². The van der Waals surface area contributed by atoms with Crippen LogP contribution < -0.4 is 10.8 Å². The molecule has 0 spiro atoms. The molecule has 5 nitrogen and oxygen atoms in total. The lowest BCUT2D eigenvalue weighted by Gasteiger charge is -2.25. The van der Waals surface area contributed by atoms with Crippen molar-refractivity contribution in [2.75, 3.05) is 25.1 Å². The zero-order chi connectivity index (χ0) is 19.8. The predicted octanol–water partition coefficient (Wildman–Crippen LogP) is 4.52. The van der Waals surface area contributed by atoms with Crippen LogP contribution in [0.5, 0.6) is 0 Å². The van der Waals surface area contributed by atoms with Crippen LogP contribution in [0, 0.1) is 25.6 Å². The summed E-state index contributed by atoms with van der Waals surface area (Å²) in [7, 11) is 0. The molecule has 2 aromatic carbocycles. The van der Waals surface area contributed by atoms with Gasteiger partial charge in [0.25, 0.3) is 5.91 Å². The lowest BCUT2D eigenvalue weighted by Crippen LogP contribution is -2.35. The molecule has 146 valence electrons. The zero-order valence-corrected chi connectivity index (χ0v) is 16.3. The maximum absolute atomic E-state index is 14.1. The van der Waals surface area contributed by atoms with Crippen LogP contribution in [0.15, 0.2) is 36.4 Å². The van der Waals surface area contributed by atoms with E-state index in [4.69, 9.17) is 9.57 Å². The summed E-state index contributed by atoms with van der Waals surface area (Å²) in [6.45, 7) is 9.45. The van der Waals surface area contributed by atoms with Gasteiger partial charge in [0, 0.05) is 5.92 Å². The lowest BCUT2D eigenvalue weighted by atomic mass is 10.1. The van der Waals surface area contributed by atoms with E-state index in [1.165, 1.54) is 6.07 Å². The molecule has 1 heterocycles. The molecule has 2 aromatic rings. The molecule has 2 N–H and O–H groups in total. The number of hydrogen-bond donors (Lipinski definition) is 2. The van der Waals surface area contributed by atoms with Crippen molar-refractivity contribution in [2.24, 2.45) is 5.92 Å². The van der Waals surface area contributed by atoms with Gasteiger partial charge >= 0.3 is 0 Å². The van der Waals surface area contributed by atoms with E-state index >= 15 is 0 Å². The van der Waals surface area contributed by atoms with E-state index in [1.54, 1.807) is 18.2 Å². The highest BCUT2D eigenvalue weighted by atomic mass is 19.1. The molecule has 0 unspecified atom stereocenters. The van der Waals surface area contributed by atoms with E-state index in [0.29, 0.717) is 42.7 Å². The number of halogens is 1. The molecule has 1 saturated heterocycles. The van der Waals surface area contributed by atoms with Gasteiger partial charge in [0.15, 0.2) is 0 Å². The molecule has 1 aliphatic heterocycles. The smallest absolute Gasteiger partial charge is 0.276 e. The number of hydroxylamine groups is 1. The van der Waals surface area contributed by atoms with Gasteiger partial charge in [0.2, 0.25) is 0 Å². The summed E-state index contributed by atoms with van der Waals surface area (Å²) in [5.41, 5.74) is 5.45. The van der Waals surface area contributed by atoms with E-state index in [9.17, 15) is 9.18 Å². The first kappa shape index (κ1) is 20.9. The summed E-state index contributed by atoms with van der Waals surface area (Å²) >= 11 is 0. The molecule has 27 heavy (non-hydrogen) atoms. The molecule has 0 saturated carbocycles. The average Bonchev–Trinajstić information content (AvgIpc) is 2.61. The summed E-state index contributed by atoms with van der Waals surface area (Å²) in [6, 6.07) is 10.2. The van der Waals surface area contributed by atoms with Crippen molar-refractivity contribution in [3.05, 3.63) is 58.9 Å². The second-order valence-electron chi connectivity index (χ2n) is 6.30. The van der Waals surface area contributed by atoms with E-state index in [1.807, 2.05) is 39.8 Å². The Hall–Kier alpha value is -2.44. The minimum Gasteiger partial charge on any atom is -0.381 e. The number of carbonyl (C=O) groups is 1. The van der Waals surface area contributed by atoms with Gasteiger partial charge in [0.05, 0.1) is 36.8 Å². The largest absolute Gasteiger partial charge is 0.381 e. The average molecular weight is 374 g/mol. The highest BCUT2D eigenvalue weighted by Crippen LogP contribution is 2.25. The molecule has 0 aromatic heterocycles. The highest BCUT2D eigenvalue weighted by molar-refractivity contribution is 5.99. The van der Waals surface area contributed by atoms with Gasteiger partial charge in [-0.3, -0.25) is 9.63 Å². The van der Waals surface area contributed by atoms with Crippen molar-refractivity contribution in [1.82, 2.24) is 5.48 Å². The maximum Gasteiger partial charge on any atom is 0.276 e. The van der Waals surface area contributed by atoms with Crippen molar-refractivity contribution >= 4 is 17.3 Å². The topological polar surface area (TPSA) is 59.6 Å². The Morgan fingerprint density at radius 3 is 2.41 bits per heavy atom. The number of anilines is 2. The molecule has 0 radical (unpaired) electrons. The van der Waals surface area contributed by atoms with Crippen LogP contribution in [0.1, 0.15) is 35.3 Å². The third kappa shape index (κ3) is 5.77. The summed E-state index contributed by atoms with van der Waals surface area (Å²) in [4.78, 5) is 17.6. The third-order valence-electron chi connectivity index (χ3n) is 4.00. The summed E-state index contributed by atoms with van der Waals surface area (Å²) < 4.78 is 19.2. The van der Waals surface area contributed by atoms with Crippen LogP contribution in [-0.2, 0) is 9.57 Å². The number of carbonyl (C=O) groups excluding carboxylic acids is 1. The Kier molecular flexibility index (Phi) is 7.76. The number of hydrogen-bond acceptors (Lipinski definition) is 4. The standard InChI is InChI=1S/C19H21FN2O3.C2H6/c1-12-4-6-17(16(20)7-12)21-18-8-13(2)3-5-15(18)19(23)22-25-11-14-9-24-10-14;1-2/h3-8,14,21H,9-11H2,1-2H3,(H,22,23);1-2H3. The Bertz CT molecular complexity index is 776. The molecule has 3 rings (SSSR count). The SMILES string of the molecule is CC.Cc1ccc(Nc2cc(C)ccc2C(=O)NOCC2COC2)c(F)c1. The van der Waals surface area contributed by atoms with E-state index in [2.05, 4.69) is 10.8 Å². The van der Waals surface area contributed by atoms with Crippen molar-refractivity contribution in [1.29, 1.82) is 0 Å². The van der Waals surface area contributed by atoms with Crippen LogP contribution in [0.4, 0.5) is 15.8 Å². The predicted molar refractivity (Wildman–Crippen MR) is 105 cm³/mol. The molecule has 6 heteroatoms. The Morgan fingerprint density at radius 1 is 1.11 bits per heavy atom. The minimum atomic E-state index is -0.379. The van der Waals surface area contributed by atoms with Crippen LogP contribution >= 0.6 is 0 Å². The minimum absolute atomic E-state index is 0.317. The number of rotatable bonds is 6. The monoisotopic (exact) mass is 374 g/mol. The van der Waals surface area contributed by atoms with Crippen LogP contribution in [0.3, 0.4) is 0 Å². The fourth-order valence-electron chi connectivity index (χ4n) is 2.49. The first-order chi connectivity index (χ1) is 13.0.